The summed E-state index contributed by atoms with van der Waals surface area (Å²) in [7, 11) is -3.72. The zero-order valence-electron chi connectivity index (χ0n) is 8.58. The molecule has 1 fully saturated rings. The van der Waals surface area contributed by atoms with Crippen molar-refractivity contribution >= 4 is 33.3 Å². The number of aromatic nitrogens is 2. The average Bonchev–Trinajstić information content (AvgIpc) is 2.61. The van der Waals surface area contributed by atoms with Gasteiger partial charge in [-0.2, -0.15) is 0 Å². The molecular formula is C8H9ClN4O3S. The largest absolute Gasteiger partial charge is 0.294 e. The number of nitrogens with zero attached hydrogens (tertiary/aromatic N) is 3. The molecule has 0 aromatic carbocycles. The Hall–Kier alpha value is -1.25. The Bertz CT molecular complexity index is 544. The fraction of sp³-hybridized carbons (Fsp3) is 0.375. The maximum Gasteiger partial charge on any atom is 0.229 e. The summed E-state index contributed by atoms with van der Waals surface area (Å²) in [6, 6.07) is 2.97. The maximum absolute atomic E-state index is 11.6. The first-order chi connectivity index (χ1) is 7.88. The third-order valence-electron chi connectivity index (χ3n) is 2.45. The van der Waals surface area contributed by atoms with Crippen LogP contribution in [0.25, 0.3) is 0 Å². The summed E-state index contributed by atoms with van der Waals surface area (Å²) in [5, 5.41) is 11.6. The molecule has 2 rings (SSSR count). The number of anilines is 1. The Kier molecular flexibility index (Phi) is 3.02. The second-order valence-corrected chi connectivity index (χ2v) is 5.87. The van der Waals surface area contributed by atoms with Crippen LogP contribution in [0.15, 0.2) is 12.1 Å². The van der Waals surface area contributed by atoms with Gasteiger partial charge < -0.3 is 0 Å². The predicted octanol–water partition coefficient (Wildman–Crippen LogP) is -0.476. The second-order valence-electron chi connectivity index (χ2n) is 3.63. The maximum atomic E-state index is 11.6. The molecule has 1 atom stereocenters. The first-order valence-corrected chi connectivity index (χ1v) is 6.68. The third-order valence-corrected chi connectivity index (χ3v) is 3.90. The van der Waals surface area contributed by atoms with Crippen LogP contribution in [0.3, 0.4) is 0 Å². The van der Waals surface area contributed by atoms with E-state index in [1.54, 1.807) is 0 Å². The van der Waals surface area contributed by atoms with E-state index in [2.05, 4.69) is 10.2 Å². The van der Waals surface area contributed by atoms with E-state index in [0.717, 1.165) is 0 Å². The molecule has 0 radical (unpaired) electrons. The minimum atomic E-state index is -3.72. The van der Waals surface area contributed by atoms with Crippen molar-refractivity contribution in [3.05, 3.63) is 17.3 Å². The molecule has 7 nitrogen and oxygen atoms in total. The highest BCUT2D eigenvalue weighted by Crippen LogP contribution is 2.22. The molecule has 0 bridgehead atoms. The van der Waals surface area contributed by atoms with Crippen molar-refractivity contribution < 1.29 is 13.2 Å². The summed E-state index contributed by atoms with van der Waals surface area (Å²) in [5.74, 6) is -0.0776. The van der Waals surface area contributed by atoms with E-state index in [-0.39, 0.29) is 29.8 Å². The van der Waals surface area contributed by atoms with Gasteiger partial charge in [0.15, 0.2) is 11.0 Å². The molecule has 0 aliphatic carbocycles. The van der Waals surface area contributed by atoms with Gasteiger partial charge >= 0.3 is 0 Å². The van der Waals surface area contributed by atoms with E-state index in [1.165, 1.54) is 17.0 Å². The number of halogens is 1. The molecular weight excluding hydrogens is 268 g/mol. The molecule has 0 spiro atoms. The van der Waals surface area contributed by atoms with Crippen molar-refractivity contribution in [3.8, 4) is 0 Å². The van der Waals surface area contributed by atoms with E-state index < -0.39 is 15.3 Å². The van der Waals surface area contributed by atoms with Crippen molar-refractivity contribution in [3.63, 3.8) is 0 Å². The Morgan fingerprint density at radius 2 is 2.12 bits per heavy atom. The number of hydrogen-bond donors (Lipinski definition) is 1. The molecule has 17 heavy (non-hydrogen) atoms. The van der Waals surface area contributed by atoms with E-state index in [9.17, 15) is 13.2 Å². The highest BCUT2D eigenvalue weighted by atomic mass is 35.5. The lowest BCUT2D eigenvalue weighted by Gasteiger charge is -2.13. The van der Waals surface area contributed by atoms with Crippen LogP contribution < -0.4 is 10.0 Å². The highest BCUT2D eigenvalue weighted by molar-refractivity contribution is 7.89. The van der Waals surface area contributed by atoms with Gasteiger partial charge in [-0.1, -0.05) is 11.6 Å². The van der Waals surface area contributed by atoms with Gasteiger partial charge in [-0.05, 0) is 12.1 Å². The molecule has 1 saturated heterocycles. The SMILES string of the molecule is NS(=O)(=O)C1CC(=O)N(c2ccc(Cl)nn2)C1. The van der Waals surface area contributed by atoms with Gasteiger partial charge in [0, 0.05) is 13.0 Å². The Balaban J connectivity index is 2.24. The molecule has 1 amide bonds. The first kappa shape index (κ1) is 12.2. The summed E-state index contributed by atoms with van der Waals surface area (Å²) in [5.41, 5.74) is 0. The lowest BCUT2D eigenvalue weighted by molar-refractivity contribution is -0.117. The molecule has 0 saturated carbocycles. The Morgan fingerprint density at radius 3 is 2.59 bits per heavy atom. The normalized spacial score (nSPS) is 20.9. The van der Waals surface area contributed by atoms with Crippen molar-refractivity contribution in [2.24, 2.45) is 5.14 Å². The minimum absolute atomic E-state index is 0.00597. The average molecular weight is 277 g/mol. The van der Waals surface area contributed by atoms with Crippen LogP contribution in [0.4, 0.5) is 5.82 Å². The van der Waals surface area contributed by atoms with Gasteiger partial charge in [0.2, 0.25) is 15.9 Å². The number of carbonyl (C=O) groups excluding carboxylic acids is 1. The van der Waals surface area contributed by atoms with Crippen LogP contribution in [0, 0.1) is 0 Å². The quantitative estimate of drug-likeness (QED) is 0.785. The fourth-order valence-electron chi connectivity index (χ4n) is 1.57. The Morgan fingerprint density at radius 1 is 1.41 bits per heavy atom. The lowest BCUT2D eigenvalue weighted by atomic mass is 10.4. The number of amides is 1. The zero-order valence-corrected chi connectivity index (χ0v) is 10.1. The highest BCUT2D eigenvalue weighted by Gasteiger charge is 2.37. The monoisotopic (exact) mass is 276 g/mol. The number of rotatable bonds is 2. The first-order valence-electron chi connectivity index (χ1n) is 4.69. The van der Waals surface area contributed by atoms with Crippen molar-refractivity contribution in [1.82, 2.24) is 10.2 Å². The zero-order chi connectivity index (χ0) is 12.6. The summed E-state index contributed by atoms with van der Waals surface area (Å²) in [6.45, 7) is -0.00597. The van der Waals surface area contributed by atoms with Crippen LogP contribution in [-0.4, -0.2) is 36.3 Å². The van der Waals surface area contributed by atoms with E-state index in [4.69, 9.17) is 16.7 Å². The lowest BCUT2D eigenvalue weighted by Crippen LogP contribution is -2.32. The van der Waals surface area contributed by atoms with Gasteiger partial charge in [0.25, 0.3) is 0 Å². The molecule has 2 N–H and O–H groups in total. The predicted molar refractivity (Wildman–Crippen MR) is 60.9 cm³/mol. The van der Waals surface area contributed by atoms with Crippen LogP contribution in [0.2, 0.25) is 5.15 Å². The fourth-order valence-corrected chi connectivity index (χ4v) is 2.40. The summed E-state index contributed by atoms with van der Waals surface area (Å²) >= 11 is 5.56. The van der Waals surface area contributed by atoms with E-state index >= 15 is 0 Å². The Labute approximate surface area is 103 Å². The molecule has 2 heterocycles. The molecule has 1 aromatic heterocycles. The van der Waals surface area contributed by atoms with Crippen molar-refractivity contribution in [2.75, 3.05) is 11.4 Å². The van der Waals surface area contributed by atoms with Gasteiger partial charge in [-0.25, -0.2) is 13.6 Å². The topological polar surface area (TPSA) is 106 Å². The summed E-state index contributed by atoms with van der Waals surface area (Å²) < 4.78 is 22.3. The van der Waals surface area contributed by atoms with Gasteiger partial charge in [0.1, 0.15) is 5.25 Å². The van der Waals surface area contributed by atoms with E-state index in [0.29, 0.717) is 0 Å². The van der Waals surface area contributed by atoms with Crippen LogP contribution >= 0.6 is 11.6 Å². The molecule has 1 unspecified atom stereocenters. The third kappa shape index (κ3) is 2.54. The van der Waals surface area contributed by atoms with Crippen LogP contribution in [-0.2, 0) is 14.8 Å². The van der Waals surface area contributed by atoms with Crippen molar-refractivity contribution in [1.29, 1.82) is 0 Å². The van der Waals surface area contributed by atoms with Gasteiger partial charge in [0.05, 0.1) is 0 Å². The minimum Gasteiger partial charge on any atom is -0.294 e. The molecule has 1 aromatic rings. The number of nitrogens with two attached hydrogens (primary N) is 1. The molecule has 9 heteroatoms. The molecule has 92 valence electrons. The number of carbonyl (C=O) groups is 1. The standard InChI is InChI=1S/C8H9ClN4O3S/c9-6-1-2-7(12-11-6)13-4-5(3-8(13)14)17(10,15)16/h1-2,5H,3-4H2,(H2,10,15,16). The van der Waals surface area contributed by atoms with Gasteiger partial charge in [-0.3, -0.25) is 9.69 Å². The number of sulfonamides is 1. The number of primary sulfonamides is 1. The van der Waals surface area contributed by atoms with Crippen LogP contribution in [0.1, 0.15) is 6.42 Å². The summed E-state index contributed by atoms with van der Waals surface area (Å²) in [6.07, 6.45) is -0.136. The van der Waals surface area contributed by atoms with Gasteiger partial charge in [-0.15, -0.1) is 10.2 Å². The van der Waals surface area contributed by atoms with E-state index in [1.807, 2.05) is 0 Å². The second kappa shape index (κ2) is 4.21. The molecule has 1 aliphatic rings. The smallest absolute Gasteiger partial charge is 0.229 e. The van der Waals surface area contributed by atoms with Crippen LogP contribution in [0.5, 0.6) is 0 Å². The van der Waals surface area contributed by atoms with Crippen molar-refractivity contribution in [2.45, 2.75) is 11.7 Å². The number of hydrogen-bond acceptors (Lipinski definition) is 5. The molecule has 1 aliphatic heterocycles. The summed E-state index contributed by atoms with van der Waals surface area (Å²) in [4.78, 5) is 12.9.